The van der Waals surface area contributed by atoms with Crippen molar-refractivity contribution in [2.45, 2.75) is 75.5 Å². The van der Waals surface area contributed by atoms with E-state index in [-0.39, 0.29) is 44.6 Å². The molecule has 1 unspecified atom stereocenters. The van der Waals surface area contributed by atoms with Gasteiger partial charge in [-0.25, -0.2) is 8.78 Å². The molecule has 4 aliphatic rings. The van der Waals surface area contributed by atoms with E-state index in [1.807, 2.05) is 6.07 Å². The molecule has 4 saturated carbocycles. The van der Waals surface area contributed by atoms with E-state index in [1.54, 1.807) is 0 Å². The first kappa shape index (κ1) is 27.6. The quantitative estimate of drug-likeness (QED) is 0.369. The van der Waals surface area contributed by atoms with Crippen LogP contribution in [0.1, 0.15) is 85.3 Å². The van der Waals surface area contributed by atoms with Crippen LogP contribution in [0.2, 0.25) is 10.0 Å². The van der Waals surface area contributed by atoms with Crippen LogP contribution in [0.15, 0.2) is 24.5 Å². The maximum absolute atomic E-state index is 15.4. The molecule has 11 heteroatoms. The molecule has 1 heterocycles. The number of fused-ring (bicyclic) bond motifs is 3. The van der Waals surface area contributed by atoms with Crippen LogP contribution in [0.4, 0.5) is 8.78 Å². The van der Waals surface area contributed by atoms with E-state index in [1.165, 1.54) is 18.5 Å². The van der Waals surface area contributed by atoms with Crippen molar-refractivity contribution in [3.05, 3.63) is 57.1 Å². The van der Waals surface area contributed by atoms with Gasteiger partial charge in [0, 0.05) is 36.0 Å². The van der Waals surface area contributed by atoms with Crippen molar-refractivity contribution in [3.63, 3.8) is 0 Å². The predicted octanol–water partition coefficient (Wildman–Crippen LogP) is 5.92. The summed E-state index contributed by atoms with van der Waals surface area (Å²) in [7, 11) is 0. The normalized spacial score (nSPS) is 28.5. The summed E-state index contributed by atoms with van der Waals surface area (Å²) in [5, 5.41) is 25.0. The molecule has 0 radical (unpaired) electrons. The number of pyridine rings is 1. The maximum atomic E-state index is 15.4. The first-order valence-electron chi connectivity index (χ1n) is 13.1. The molecule has 2 amide bonds. The fourth-order valence-corrected chi connectivity index (χ4v) is 6.95. The van der Waals surface area contributed by atoms with Crippen molar-refractivity contribution in [2.24, 2.45) is 11.3 Å². The van der Waals surface area contributed by atoms with Gasteiger partial charge in [-0.05, 0) is 69.3 Å². The van der Waals surface area contributed by atoms with Crippen LogP contribution in [0.5, 0.6) is 5.75 Å². The maximum Gasteiger partial charge on any atom is 0.253 e. The molecule has 2 aromatic rings. The number of nitrogens with zero attached hydrogens (tertiary/aromatic N) is 2. The molecule has 1 aromatic carbocycles. The minimum atomic E-state index is -1.24. The third kappa shape index (κ3) is 5.29. The van der Waals surface area contributed by atoms with Crippen molar-refractivity contribution < 1.29 is 23.5 Å². The van der Waals surface area contributed by atoms with Crippen molar-refractivity contribution in [2.75, 3.05) is 0 Å². The fourth-order valence-electron chi connectivity index (χ4n) is 6.50. The summed E-state index contributed by atoms with van der Waals surface area (Å²) in [6.45, 7) is 0. The number of halogens is 4. The number of nitriles is 1. The van der Waals surface area contributed by atoms with Gasteiger partial charge in [0.2, 0.25) is 5.91 Å². The second kappa shape index (κ2) is 10.5. The number of aromatic hydroxyl groups is 1. The molecule has 4 aliphatic carbocycles. The largest absolute Gasteiger partial charge is 0.505 e. The van der Waals surface area contributed by atoms with Crippen LogP contribution in [0, 0.1) is 28.5 Å². The number of rotatable bonds is 6. The minimum absolute atomic E-state index is 0.0359. The lowest BCUT2D eigenvalue weighted by atomic mass is 9.55. The first-order chi connectivity index (χ1) is 18.5. The minimum Gasteiger partial charge on any atom is -0.505 e. The Morgan fingerprint density at radius 2 is 1.82 bits per heavy atom. The molecular weight excluding hydrogens is 549 g/mol. The first-order valence-corrected chi connectivity index (χ1v) is 13.8. The molecular formula is C28H28Cl2F2N4O3. The van der Waals surface area contributed by atoms with Gasteiger partial charge in [-0.2, -0.15) is 5.26 Å². The molecule has 4 fully saturated rings. The second-order valence-electron chi connectivity index (χ2n) is 11.1. The number of nitrogens with one attached hydrogen (secondary N) is 2. The molecule has 1 aromatic heterocycles. The fraction of sp³-hybridized carbons (Fsp3) is 0.500. The third-order valence-electron chi connectivity index (χ3n) is 8.84. The van der Waals surface area contributed by atoms with Gasteiger partial charge in [0.05, 0.1) is 27.2 Å². The molecule has 2 bridgehead atoms. The second-order valence-corrected chi connectivity index (χ2v) is 11.9. The monoisotopic (exact) mass is 576 g/mol. The molecule has 3 atom stereocenters. The van der Waals surface area contributed by atoms with E-state index in [4.69, 9.17) is 28.5 Å². The van der Waals surface area contributed by atoms with Crippen LogP contribution in [-0.2, 0) is 4.79 Å². The number of phenols is 1. The standard InChI is InChI=1S/C28H28Cl2F2N4O3/c29-19-11-20(37)23(31)21(22(19)30)24(27-3-6-28(32,7-4-27)8-5-27)36-25(38)16-1-2-18(10-16)35-26(39)17-9-15(12-33)13-34-14-17/h9,11,13-14,16,18,24,37H,1-8,10H2,(H,35,39)(H,36,38)/t16-,18?,24-,27?,28?/m1/s1. The van der Waals surface area contributed by atoms with Gasteiger partial charge in [0.25, 0.3) is 5.91 Å². The van der Waals surface area contributed by atoms with Crippen LogP contribution in [0.25, 0.3) is 0 Å². The van der Waals surface area contributed by atoms with Gasteiger partial charge in [0.15, 0.2) is 11.6 Å². The number of alkyl halides is 1. The number of benzene rings is 1. The van der Waals surface area contributed by atoms with Crippen LogP contribution < -0.4 is 10.6 Å². The molecule has 0 saturated heterocycles. The van der Waals surface area contributed by atoms with Crippen molar-refractivity contribution in [1.82, 2.24) is 15.6 Å². The summed E-state index contributed by atoms with van der Waals surface area (Å²) < 4.78 is 30.4. The average Bonchev–Trinajstić information content (AvgIpc) is 3.40. The molecule has 0 spiro atoms. The van der Waals surface area contributed by atoms with Gasteiger partial charge in [-0.1, -0.05) is 23.2 Å². The Morgan fingerprint density at radius 3 is 2.49 bits per heavy atom. The van der Waals surface area contributed by atoms with Gasteiger partial charge in [0.1, 0.15) is 11.7 Å². The highest BCUT2D eigenvalue weighted by Gasteiger charge is 2.54. The number of aromatic nitrogens is 1. The zero-order valence-corrected chi connectivity index (χ0v) is 22.6. The van der Waals surface area contributed by atoms with Crippen molar-refractivity contribution >= 4 is 35.0 Å². The topological polar surface area (TPSA) is 115 Å². The zero-order valence-electron chi connectivity index (χ0n) is 21.1. The average molecular weight is 577 g/mol. The lowest BCUT2D eigenvalue weighted by molar-refractivity contribution is -0.128. The Balaban J connectivity index is 1.35. The number of hydrogen-bond acceptors (Lipinski definition) is 5. The van der Waals surface area contributed by atoms with E-state index in [2.05, 4.69) is 15.6 Å². The van der Waals surface area contributed by atoms with Gasteiger partial charge >= 0.3 is 0 Å². The Kier molecular flexibility index (Phi) is 7.47. The van der Waals surface area contributed by atoms with Gasteiger partial charge < -0.3 is 15.7 Å². The molecule has 3 N–H and O–H groups in total. The highest BCUT2D eigenvalue weighted by molar-refractivity contribution is 6.42. The number of phenolic OH excluding ortho intramolecular Hbond substituents is 1. The number of carbonyl (C=O) groups is 2. The zero-order chi connectivity index (χ0) is 27.9. The molecule has 6 rings (SSSR count). The smallest absolute Gasteiger partial charge is 0.253 e. The highest BCUT2D eigenvalue weighted by Crippen LogP contribution is 2.60. The Morgan fingerprint density at radius 1 is 1.13 bits per heavy atom. The van der Waals surface area contributed by atoms with E-state index in [0.29, 0.717) is 57.8 Å². The summed E-state index contributed by atoms with van der Waals surface area (Å²) in [4.78, 5) is 30.2. The van der Waals surface area contributed by atoms with E-state index < -0.39 is 34.6 Å². The SMILES string of the molecule is N#Cc1cncc(C(=O)NC2CC[C@@H](C(=O)N[C@H](c3c(F)c(O)cc(Cl)c3Cl)C34CCC(F)(CC3)CC4)C2)c1. The molecule has 7 nitrogen and oxygen atoms in total. The summed E-state index contributed by atoms with van der Waals surface area (Å²) >= 11 is 12.7. The van der Waals surface area contributed by atoms with E-state index in [9.17, 15) is 19.1 Å². The van der Waals surface area contributed by atoms with Crippen molar-refractivity contribution in [3.8, 4) is 11.8 Å². The Hall–Kier alpha value is -2.96. The predicted molar refractivity (Wildman–Crippen MR) is 140 cm³/mol. The Bertz CT molecular complexity index is 1310. The lowest BCUT2D eigenvalue weighted by Crippen LogP contribution is -2.51. The number of carbonyl (C=O) groups excluding carboxylic acids is 2. The number of hydrogen-bond donors (Lipinski definition) is 3. The van der Waals surface area contributed by atoms with E-state index >= 15 is 4.39 Å². The van der Waals surface area contributed by atoms with Gasteiger partial charge in [-0.3, -0.25) is 14.6 Å². The van der Waals surface area contributed by atoms with Gasteiger partial charge in [-0.15, -0.1) is 0 Å². The molecule has 39 heavy (non-hydrogen) atoms. The molecule has 0 aliphatic heterocycles. The summed E-state index contributed by atoms with van der Waals surface area (Å²) in [5.74, 6) is -2.78. The lowest BCUT2D eigenvalue weighted by Gasteiger charge is -2.53. The molecule has 206 valence electrons. The van der Waals surface area contributed by atoms with Crippen molar-refractivity contribution in [1.29, 1.82) is 5.26 Å². The van der Waals surface area contributed by atoms with Crippen LogP contribution >= 0.6 is 23.2 Å². The summed E-state index contributed by atoms with van der Waals surface area (Å²) in [6, 6.07) is 3.25. The third-order valence-corrected chi connectivity index (χ3v) is 9.64. The van der Waals surface area contributed by atoms with Crippen LogP contribution in [0.3, 0.4) is 0 Å². The van der Waals surface area contributed by atoms with Crippen LogP contribution in [-0.4, -0.2) is 33.6 Å². The Labute approximate surface area is 234 Å². The summed E-state index contributed by atoms with van der Waals surface area (Å²) in [5.41, 5.74) is -1.42. The number of amides is 2. The summed E-state index contributed by atoms with van der Waals surface area (Å²) in [6.07, 6.45) is 6.42. The van der Waals surface area contributed by atoms with E-state index in [0.717, 1.165) is 6.07 Å². The highest BCUT2D eigenvalue weighted by atomic mass is 35.5.